The van der Waals surface area contributed by atoms with Crippen LogP contribution < -0.4 is 9.57 Å². The number of hydroxylamine groups is 2. The fourth-order valence-corrected chi connectivity index (χ4v) is 3.61. The highest BCUT2D eigenvalue weighted by Gasteiger charge is 2.21. The number of rotatable bonds is 9. The standard InChI is InChI=1S/C20H27NO5S/c1-15(2)21(26-17-8-6-5-7-9-17)20(22)12-13-25-18-10-11-19(16(3)14-18)27(4,23)24/h5-11,14-15,20,22H,12-13H2,1-4H3. The van der Waals surface area contributed by atoms with Crippen molar-refractivity contribution in [3.05, 3.63) is 54.1 Å². The highest BCUT2D eigenvalue weighted by atomic mass is 32.2. The minimum absolute atomic E-state index is 0.0310. The van der Waals surface area contributed by atoms with E-state index >= 15 is 0 Å². The molecule has 2 aromatic carbocycles. The van der Waals surface area contributed by atoms with Gasteiger partial charge in [-0.15, -0.1) is 5.06 Å². The van der Waals surface area contributed by atoms with Gasteiger partial charge >= 0.3 is 0 Å². The smallest absolute Gasteiger partial charge is 0.175 e. The van der Waals surface area contributed by atoms with Crippen LogP contribution in [-0.4, -0.2) is 43.7 Å². The number of sulfone groups is 1. The van der Waals surface area contributed by atoms with E-state index < -0.39 is 16.1 Å². The lowest BCUT2D eigenvalue weighted by atomic mass is 10.2. The van der Waals surface area contributed by atoms with Crippen LogP contribution in [0.5, 0.6) is 11.5 Å². The van der Waals surface area contributed by atoms with E-state index in [0.29, 0.717) is 23.5 Å². The van der Waals surface area contributed by atoms with Gasteiger partial charge in [0.15, 0.2) is 9.84 Å². The Bertz CT molecular complexity index is 837. The summed E-state index contributed by atoms with van der Waals surface area (Å²) in [5.41, 5.74) is 0.631. The number of aliphatic hydroxyl groups is 1. The molecule has 1 N–H and O–H groups in total. The first-order valence-corrected chi connectivity index (χ1v) is 10.7. The highest BCUT2D eigenvalue weighted by molar-refractivity contribution is 7.90. The van der Waals surface area contributed by atoms with Crippen molar-refractivity contribution in [1.82, 2.24) is 5.06 Å². The minimum Gasteiger partial charge on any atom is -0.493 e. The van der Waals surface area contributed by atoms with Crippen LogP contribution in [0.25, 0.3) is 0 Å². The van der Waals surface area contributed by atoms with Crippen molar-refractivity contribution in [3.63, 3.8) is 0 Å². The van der Waals surface area contributed by atoms with Crippen molar-refractivity contribution in [1.29, 1.82) is 0 Å². The summed E-state index contributed by atoms with van der Waals surface area (Å²) < 4.78 is 29.0. The van der Waals surface area contributed by atoms with Gasteiger partial charge in [0.25, 0.3) is 0 Å². The molecule has 2 rings (SSSR count). The monoisotopic (exact) mass is 393 g/mol. The van der Waals surface area contributed by atoms with Gasteiger partial charge < -0.3 is 14.7 Å². The molecule has 2 aromatic rings. The Morgan fingerprint density at radius 1 is 1.07 bits per heavy atom. The molecule has 0 heterocycles. The molecule has 0 fully saturated rings. The van der Waals surface area contributed by atoms with Gasteiger partial charge in [-0.05, 0) is 56.7 Å². The van der Waals surface area contributed by atoms with Gasteiger partial charge in [0.1, 0.15) is 17.7 Å². The van der Waals surface area contributed by atoms with Crippen LogP contribution >= 0.6 is 0 Å². The van der Waals surface area contributed by atoms with Crippen molar-refractivity contribution < 1.29 is 23.1 Å². The van der Waals surface area contributed by atoms with Crippen molar-refractivity contribution in [2.24, 2.45) is 0 Å². The van der Waals surface area contributed by atoms with Crippen molar-refractivity contribution in [2.45, 2.75) is 44.4 Å². The third-order valence-electron chi connectivity index (χ3n) is 3.95. The third kappa shape index (κ3) is 6.23. The molecule has 0 saturated heterocycles. The summed E-state index contributed by atoms with van der Waals surface area (Å²) in [6.07, 6.45) is 0.666. The molecular formula is C20H27NO5S. The van der Waals surface area contributed by atoms with E-state index in [1.165, 1.54) is 17.4 Å². The summed E-state index contributed by atoms with van der Waals surface area (Å²) in [5.74, 6) is 1.21. The second-order valence-corrected chi connectivity index (χ2v) is 8.66. The van der Waals surface area contributed by atoms with Gasteiger partial charge in [0.05, 0.1) is 11.5 Å². The highest BCUT2D eigenvalue weighted by Crippen LogP contribution is 2.22. The largest absolute Gasteiger partial charge is 0.493 e. The van der Waals surface area contributed by atoms with E-state index in [1.807, 2.05) is 44.2 Å². The lowest BCUT2D eigenvalue weighted by Gasteiger charge is -2.30. The maximum absolute atomic E-state index is 11.7. The summed E-state index contributed by atoms with van der Waals surface area (Å²) in [5, 5.41) is 12.0. The molecule has 0 aromatic heterocycles. The van der Waals surface area contributed by atoms with Crippen molar-refractivity contribution in [2.75, 3.05) is 12.9 Å². The fourth-order valence-electron chi connectivity index (χ4n) is 2.65. The predicted octanol–water partition coefficient (Wildman–Crippen LogP) is 3.19. The number of para-hydroxylation sites is 1. The average molecular weight is 394 g/mol. The van der Waals surface area contributed by atoms with Crippen molar-refractivity contribution in [3.8, 4) is 11.5 Å². The quantitative estimate of drug-likeness (QED) is 0.521. The van der Waals surface area contributed by atoms with Crippen LogP contribution in [0.4, 0.5) is 0 Å². The number of hydrogen-bond donors (Lipinski definition) is 1. The van der Waals surface area contributed by atoms with E-state index in [1.54, 1.807) is 19.1 Å². The molecule has 0 aliphatic heterocycles. The summed E-state index contributed by atoms with van der Waals surface area (Å²) in [6.45, 7) is 5.85. The molecule has 0 radical (unpaired) electrons. The van der Waals surface area contributed by atoms with Crippen LogP contribution in [0.15, 0.2) is 53.4 Å². The number of hydrogen-bond acceptors (Lipinski definition) is 6. The van der Waals surface area contributed by atoms with Gasteiger partial charge in [-0.3, -0.25) is 0 Å². The molecule has 0 aliphatic carbocycles. The summed E-state index contributed by atoms with van der Waals surface area (Å²) >= 11 is 0. The molecule has 6 nitrogen and oxygen atoms in total. The number of nitrogens with zero attached hydrogens (tertiary/aromatic N) is 1. The molecule has 0 spiro atoms. The zero-order valence-corrected chi connectivity index (χ0v) is 16.9. The first kappa shape index (κ1) is 21.2. The molecule has 0 amide bonds. The average Bonchev–Trinajstić information content (AvgIpc) is 2.59. The molecule has 1 atom stereocenters. The lowest BCUT2D eigenvalue weighted by Crippen LogP contribution is -2.43. The number of aryl methyl sites for hydroxylation is 1. The second kappa shape index (κ2) is 9.21. The Labute approximate surface area is 161 Å². The van der Waals surface area contributed by atoms with E-state index in [-0.39, 0.29) is 17.5 Å². The maximum atomic E-state index is 11.7. The van der Waals surface area contributed by atoms with Crippen molar-refractivity contribution >= 4 is 9.84 Å². The molecule has 148 valence electrons. The minimum atomic E-state index is -3.25. The molecule has 1 unspecified atom stereocenters. The van der Waals surface area contributed by atoms with E-state index in [9.17, 15) is 13.5 Å². The Hall–Kier alpha value is -2.09. The first-order valence-electron chi connectivity index (χ1n) is 8.81. The molecule has 27 heavy (non-hydrogen) atoms. The van der Waals surface area contributed by atoms with E-state index in [4.69, 9.17) is 9.57 Å². The van der Waals surface area contributed by atoms with Crippen LogP contribution in [0.2, 0.25) is 0 Å². The molecule has 0 saturated carbocycles. The third-order valence-corrected chi connectivity index (χ3v) is 5.20. The van der Waals surface area contributed by atoms with Crippen LogP contribution in [0, 0.1) is 6.92 Å². The zero-order valence-electron chi connectivity index (χ0n) is 16.1. The predicted molar refractivity (Wildman–Crippen MR) is 104 cm³/mol. The summed E-state index contributed by atoms with van der Waals surface area (Å²) in [7, 11) is -3.25. The summed E-state index contributed by atoms with van der Waals surface area (Å²) in [6, 6.07) is 14.1. The summed E-state index contributed by atoms with van der Waals surface area (Å²) in [4.78, 5) is 6.06. The van der Waals surface area contributed by atoms with Gasteiger partial charge in [0.2, 0.25) is 0 Å². The Kier molecular flexibility index (Phi) is 7.24. The number of benzene rings is 2. The first-order chi connectivity index (χ1) is 12.7. The normalized spacial score (nSPS) is 13.0. The fraction of sp³-hybridized carbons (Fsp3) is 0.400. The number of ether oxygens (including phenoxy) is 1. The Morgan fingerprint density at radius 2 is 1.74 bits per heavy atom. The maximum Gasteiger partial charge on any atom is 0.175 e. The van der Waals surface area contributed by atoms with Crippen LogP contribution in [-0.2, 0) is 9.84 Å². The Balaban J connectivity index is 1.93. The second-order valence-electron chi connectivity index (χ2n) is 6.68. The van der Waals surface area contributed by atoms with E-state index in [2.05, 4.69) is 0 Å². The number of aliphatic hydroxyl groups excluding tert-OH is 1. The SMILES string of the molecule is Cc1cc(OCCC(O)N(Oc2ccccc2)C(C)C)ccc1S(C)(=O)=O. The Morgan fingerprint density at radius 3 is 2.30 bits per heavy atom. The topological polar surface area (TPSA) is 76.1 Å². The van der Waals surface area contributed by atoms with Crippen LogP contribution in [0.3, 0.4) is 0 Å². The van der Waals surface area contributed by atoms with Gasteiger partial charge in [-0.1, -0.05) is 18.2 Å². The molecule has 0 bridgehead atoms. The van der Waals surface area contributed by atoms with Gasteiger partial charge in [0, 0.05) is 18.7 Å². The molecular weight excluding hydrogens is 366 g/mol. The van der Waals surface area contributed by atoms with Crippen LogP contribution in [0.1, 0.15) is 25.8 Å². The zero-order chi connectivity index (χ0) is 20.0. The van der Waals surface area contributed by atoms with Gasteiger partial charge in [-0.25, -0.2) is 8.42 Å². The van der Waals surface area contributed by atoms with E-state index in [0.717, 1.165) is 0 Å². The molecule has 0 aliphatic rings. The van der Waals surface area contributed by atoms with Gasteiger partial charge in [-0.2, -0.15) is 0 Å². The molecule has 7 heteroatoms. The lowest BCUT2D eigenvalue weighted by molar-refractivity contribution is -0.194.